The molecule has 8 heteroatoms. The summed E-state index contributed by atoms with van der Waals surface area (Å²) in [6, 6.07) is 4.18. The molecule has 0 radical (unpaired) electrons. The summed E-state index contributed by atoms with van der Waals surface area (Å²) in [5, 5.41) is 3.45. The number of nitrogens with zero attached hydrogens (tertiary/aromatic N) is 3. The van der Waals surface area contributed by atoms with Crippen molar-refractivity contribution in [1.82, 2.24) is 15.1 Å². The molecule has 2 aliphatic heterocycles. The molecule has 0 aromatic carbocycles. The van der Waals surface area contributed by atoms with Crippen LogP contribution in [0, 0.1) is 0 Å². The van der Waals surface area contributed by atoms with Gasteiger partial charge in [0.05, 0.1) is 6.26 Å². The lowest BCUT2D eigenvalue weighted by Gasteiger charge is -2.37. The first-order valence-corrected chi connectivity index (χ1v) is 9.62. The van der Waals surface area contributed by atoms with Crippen molar-refractivity contribution < 1.29 is 13.9 Å². The molecule has 1 aromatic heterocycles. The lowest BCUT2D eigenvalue weighted by atomic mass is 10.2. The quantitative estimate of drug-likeness (QED) is 0.389. The fraction of sp³-hybridized carbons (Fsp3) is 0.684. The van der Waals surface area contributed by atoms with Gasteiger partial charge in [-0.1, -0.05) is 0 Å². The first-order chi connectivity index (χ1) is 12.6. The molecule has 2 fully saturated rings. The van der Waals surface area contributed by atoms with Gasteiger partial charge in [0.25, 0.3) is 5.91 Å². The van der Waals surface area contributed by atoms with E-state index in [1.54, 1.807) is 6.26 Å². The standard InChI is InChI=1S/C19H30N4O3.HI/c1-15(2)21-19(20-8-7-16-5-3-13-25-16)23-11-9-22(10-12-23)18(24)17-6-4-14-26-17;/h3,5,13,15,17H,4,6-12,14H2,1-2H3,(H,20,21);1H. The summed E-state index contributed by atoms with van der Waals surface area (Å²) in [6.07, 6.45) is 4.09. The molecule has 1 N–H and O–H groups in total. The summed E-state index contributed by atoms with van der Waals surface area (Å²) in [5.41, 5.74) is 0. The molecular weight excluding hydrogens is 459 g/mol. The molecule has 1 unspecified atom stereocenters. The van der Waals surface area contributed by atoms with Crippen LogP contribution in [-0.2, 0) is 16.0 Å². The molecule has 0 spiro atoms. The Kier molecular flexibility index (Phi) is 8.88. The first kappa shape index (κ1) is 22.0. The van der Waals surface area contributed by atoms with Crippen LogP contribution in [0.5, 0.6) is 0 Å². The van der Waals surface area contributed by atoms with Crippen LogP contribution in [0.25, 0.3) is 0 Å². The molecule has 1 amide bonds. The molecule has 1 atom stereocenters. The van der Waals surface area contributed by atoms with Crippen LogP contribution in [0.15, 0.2) is 27.8 Å². The summed E-state index contributed by atoms with van der Waals surface area (Å²) in [6.45, 7) is 8.62. The molecule has 27 heavy (non-hydrogen) atoms. The van der Waals surface area contributed by atoms with Crippen LogP contribution in [0.1, 0.15) is 32.4 Å². The van der Waals surface area contributed by atoms with Crippen LogP contribution in [-0.4, -0.2) is 73.1 Å². The monoisotopic (exact) mass is 490 g/mol. The molecule has 0 bridgehead atoms. The van der Waals surface area contributed by atoms with E-state index >= 15 is 0 Å². The van der Waals surface area contributed by atoms with Crippen molar-refractivity contribution in [2.75, 3.05) is 39.3 Å². The van der Waals surface area contributed by atoms with Crippen LogP contribution in [0.2, 0.25) is 0 Å². The summed E-state index contributed by atoms with van der Waals surface area (Å²) in [7, 11) is 0. The fourth-order valence-corrected chi connectivity index (χ4v) is 3.34. The predicted molar refractivity (Wildman–Crippen MR) is 116 cm³/mol. The lowest BCUT2D eigenvalue weighted by Crippen LogP contribution is -2.56. The Morgan fingerprint density at radius 2 is 2.04 bits per heavy atom. The maximum atomic E-state index is 12.5. The van der Waals surface area contributed by atoms with Crippen molar-refractivity contribution in [3.63, 3.8) is 0 Å². The van der Waals surface area contributed by atoms with Crippen molar-refractivity contribution in [2.45, 2.75) is 45.3 Å². The van der Waals surface area contributed by atoms with E-state index in [1.165, 1.54) is 0 Å². The molecule has 3 rings (SSSR count). The molecule has 1 aromatic rings. The number of aliphatic imine (C=N–C) groups is 1. The van der Waals surface area contributed by atoms with E-state index in [0.29, 0.717) is 19.2 Å². The molecule has 2 saturated heterocycles. The zero-order valence-corrected chi connectivity index (χ0v) is 18.6. The van der Waals surface area contributed by atoms with Gasteiger partial charge in [-0.25, -0.2) is 0 Å². The highest BCUT2D eigenvalue weighted by Crippen LogP contribution is 2.16. The Morgan fingerprint density at radius 3 is 2.63 bits per heavy atom. The maximum Gasteiger partial charge on any atom is 0.251 e. The highest BCUT2D eigenvalue weighted by molar-refractivity contribution is 14.0. The van der Waals surface area contributed by atoms with Crippen molar-refractivity contribution in [3.05, 3.63) is 24.2 Å². The number of furan rings is 1. The number of nitrogens with one attached hydrogen (secondary N) is 1. The van der Waals surface area contributed by atoms with E-state index in [1.807, 2.05) is 17.0 Å². The second-order valence-corrected chi connectivity index (χ2v) is 7.15. The van der Waals surface area contributed by atoms with Gasteiger partial charge in [0, 0.05) is 51.8 Å². The number of carbonyl (C=O) groups excluding carboxylic acids is 1. The lowest BCUT2D eigenvalue weighted by molar-refractivity contribution is -0.142. The number of ether oxygens (including phenoxy) is 1. The number of hydrogen-bond acceptors (Lipinski definition) is 4. The average molecular weight is 490 g/mol. The zero-order chi connectivity index (χ0) is 18.4. The molecule has 0 aliphatic carbocycles. The third-order valence-corrected chi connectivity index (χ3v) is 4.71. The average Bonchev–Trinajstić information content (AvgIpc) is 3.34. The van der Waals surface area contributed by atoms with Gasteiger partial charge >= 0.3 is 0 Å². The molecule has 152 valence electrons. The number of piperazine rings is 1. The smallest absolute Gasteiger partial charge is 0.251 e. The third kappa shape index (κ3) is 6.38. The molecule has 0 saturated carbocycles. The van der Waals surface area contributed by atoms with E-state index in [2.05, 4.69) is 24.1 Å². The largest absolute Gasteiger partial charge is 0.469 e. The Morgan fingerprint density at radius 1 is 1.30 bits per heavy atom. The van der Waals surface area contributed by atoms with Gasteiger partial charge in [-0.05, 0) is 38.8 Å². The van der Waals surface area contributed by atoms with Gasteiger partial charge in [-0.2, -0.15) is 0 Å². The first-order valence-electron chi connectivity index (χ1n) is 9.62. The van der Waals surface area contributed by atoms with Crippen LogP contribution < -0.4 is 5.32 Å². The second kappa shape index (κ2) is 10.9. The Hall–Kier alpha value is -1.29. The maximum absolute atomic E-state index is 12.5. The Labute approximate surface area is 178 Å². The second-order valence-electron chi connectivity index (χ2n) is 7.15. The summed E-state index contributed by atoms with van der Waals surface area (Å²) < 4.78 is 10.9. The van der Waals surface area contributed by atoms with Crippen LogP contribution in [0.3, 0.4) is 0 Å². The van der Waals surface area contributed by atoms with Crippen molar-refractivity contribution >= 4 is 35.8 Å². The number of amides is 1. The summed E-state index contributed by atoms with van der Waals surface area (Å²) in [5.74, 6) is 2.01. The molecular formula is C19H31IN4O3. The van der Waals surface area contributed by atoms with Crippen LogP contribution in [0.4, 0.5) is 0 Å². The van der Waals surface area contributed by atoms with E-state index in [0.717, 1.165) is 57.2 Å². The van der Waals surface area contributed by atoms with Gasteiger partial charge in [0.15, 0.2) is 5.96 Å². The number of carbonyl (C=O) groups is 1. The zero-order valence-electron chi connectivity index (χ0n) is 16.2. The van der Waals surface area contributed by atoms with Crippen LogP contribution >= 0.6 is 24.0 Å². The van der Waals surface area contributed by atoms with E-state index in [-0.39, 0.29) is 36.0 Å². The SMILES string of the molecule is CC(C)NC(=NCCc1ccco1)N1CCN(C(=O)C2CCCO2)CC1.I. The highest BCUT2D eigenvalue weighted by Gasteiger charge is 2.31. The molecule has 3 heterocycles. The molecule has 7 nitrogen and oxygen atoms in total. The van der Waals surface area contributed by atoms with Gasteiger partial charge in [0.1, 0.15) is 11.9 Å². The number of halogens is 1. The third-order valence-electron chi connectivity index (χ3n) is 4.71. The van der Waals surface area contributed by atoms with Gasteiger partial charge < -0.3 is 24.3 Å². The van der Waals surface area contributed by atoms with Crippen molar-refractivity contribution in [2.24, 2.45) is 4.99 Å². The normalized spacial score (nSPS) is 20.7. The minimum Gasteiger partial charge on any atom is -0.469 e. The van der Waals surface area contributed by atoms with Crippen molar-refractivity contribution in [3.8, 4) is 0 Å². The molecule has 2 aliphatic rings. The topological polar surface area (TPSA) is 70.3 Å². The number of guanidine groups is 1. The van der Waals surface area contributed by atoms with Gasteiger partial charge in [-0.3, -0.25) is 9.79 Å². The van der Waals surface area contributed by atoms with Gasteiger partial charge in [-0.15, -0.1) is 24.0 Å². The highest BCUT2D eigenvalue weighted by atomic mass is 127. The van der Waals surface area contributed by atoms with E-state index in [9.17, 15) is 4.79 Å². The van der Waals surface area contributed by atoms with E-state index < -0.39 is 0 Å². The predicted octanol–water partition coefficient (Wildman–Crippen LogP) is 2.12. The van der Waals surface area contributed by atoms with E-state index in [4.69, 9.17) is 14.1 Å². The van der Waals surface area contributed by atoms with Crippen molar-refractivity contribution in [1.29, 1.82) is 0 Å². The minimum absolute atomic E-state index is 0. The number of hydrogen-bond donors (Lipinski definition) is 1. The Balaban J connectivity index is 0.00000261. The minimum atomic E-state index is -0.225. The number of rotatable bonds is 5. The Bertz CT molecular complexity index is 592. The fourth-order valence-electron chi connectivity index (χ4n) is 3.34. The summed E-state index contributed by atoms with van der Waals surface area (Å²) >= 11 is 0. The van der Waals surface area contributed by atoms with Gasteiger partial charge in [0.2, 0.25) is 0 Å². The summed E-state index contributed by atoms with van der Waals surface area (Å²) in [4.78, 5) is 21.4.